The van der Waals surface area contributed by atoms with E-state index < -0.39 is 10.7 Å². The van der Waals surface area contributed by atoms with Gasteiger partial charge in [0.25, 0.3) is 0 Å². The molecule has 0 bridgehead atoms. The van der Waals surface area contributed by atoms with Crippen molar-refractivity contribution in [2.45, 2.75) is 0 Å². The topological polar surface area (TPSA) is 34.1 Å². The fourth-order valence-corrected chi connectivity index (χ4v) is 0. The van der Waals surface area contributed by atoms with Crippen molar-refractivity contribution in [2.24, 2.45) is 0 Å². The summed E-state index contributed by atoms with van der Waals surface area (Å²) >= 11 is 3.95. The molecule has 5 heteroatoms. The summed E-state index contributed by atoms with van der Waals surface area (Å²) in [5.41, 5.74) is 0. The van der Waals surface area contributed by atoms with Crippen LogP contribution in [0.1, 0.15) is 0 Å². The summed E-state index contributed by atoms with van der Waals surface area (Å²) in [6.07, 6.45) is 0. The molecule has 32 valence electrons. The third-order valence-corrected chi connectivity index (χ3v) is 0.775. The van der Waals surface area contributed by atoms with Crippen molar-refractivity contribution in [3.05, 3.63) is 0 Å². The summed E-state index contributed by atoms with van der Waals surface area (Å²) in [5, 5.41) is 0. The molecule has 0 aliphatic rings. The third-order valence-electron chi connectivity index (χ3n) is 0.0861. The molecule has 0 atom stereocenters. The van der Waals surface area contributed by atoms with E-state index in [1.54, 1.807) is 0 Å². The molecule has 0 aliphatic heterocycles. The normalized spacial score (nSPS) is 6.83. The first-order valence-electron chi connectivity index (χ1n) is 0.859. The van der Waals surface area contributed by atoms with Crippen molar-refractivity contribution in [3.8, 4) is 0 Å². The molecule has 0 rings (SSSR count). The van der Waals surface area contributed by atoms with E-state index in [0.717, 1.165) is 0 Å². The van der Waals surface area contributed by atoms with E-state index in [-0.39, 0.29) is 51.4 Å². The van der Waals surface area contributed by atoms with Gasteiger partial charge >= 0.3 is 51.4 Å². The van der Waals surface area contributed by atoms with Crippen molar-refractivity contribution in [3.63, 3.8) is 0 Å². The zero-order chi connectivity index (χ0) is 4.28. The molecule has 2 nitrogen and oxygen atoms in total. The minimum atomic E-state index is -2.41. The average molecular weight is 150 g/mol. The van der Waals surface area contributed by atoms with Crippen molar-refractivity contribution in [2.75, 3.05) is 0 Å². The van der Waals surface area contributed by atoms with Crippen LogP contribution in [0.3, 0.4) is 0 Å². The van der Waals surface area contributed by atoms with Crippen LogP contribution in [-0.4, -0.2) is 64.5 Å². The molecular weight excluding hydrogens is 147 g/mol. The van der Waals surface area contributed by atoms with E-state index in [2.05, 4.69) is 12.2 Å². The summed E-state index contributed by atoms with van der Waals surface area (Å²) in [5.74, 6) is 0. The second-order valence-corrected chi connectivity index (χ2v) is 1.80. The van der Waals surface area contributed by atoms with E-state index in [0.29, 0.717) is 4.70 Å². The Morgan fingerprint density at radius 2 is 1.67 bits per heavy atom. The first-order valence-corrected chi connectivity index (χ1v) is 2.58. The summed E-state index contributed by atoms with van der Waals surface area (Å²) < 4.78 is 19.2. The number of thiol groups is 1. The predicted molar refractivity (Wildman–Crippen MR) is 31.1 cm³/mol. The quantitative estimate of drug-likeness (QED) is 0.293. The first-order chi connectivity index (χ1) is 2.27. The molecule has 0 amide bonds. The van der Waals surface area contributed by atoms with Crippen LogP contribution < -0.4 is 0 Å². The van der Waals surface area contributed by atoms with E-state index in [9.17, 15) is 8.42 Å². The van der Waals surface area contributed by atoms with Gasteiger partial charge in [-0.1, -0.05) is 12.2 Å². The van der Waals surface area contributed by atoms with Crippen LogP contribution in [0, 0.1) is 0 Å². The molecule has 0 spiro atoms. The van der Waals surface area contributed by atoms with Crippen molar-refractivity contribution >= 4 is 79.0 Å². The van der Waals surface area contributed by atoms with E-state index in [1.165, 1.54) is 0 Å². The summed E-state index contributed by atoms with van der Waals surface area (Å²) in [6.45, 7) is 0. The van der Waals surface area contributed by atoms with Crippen LogP contribution in [0.25, 0.3) is 0 Å². The van der Waals surface area contributed by atoms with Gasteiger partial charge in [-0.2, -0.15) is 0 Å². The molecule has 0 heterocycles. The van der Waals surface area contributed by atoms with Gasteiger partial charge in [-0.3, -0.25) is 0 Å². The van der Waals surface area contributed by atoms with Crippen molar-refractivity contribution in [1.29, 1.82) is 0 Å². The second kappa shape index (κ2) is 6.68. The Labute approximate surface area is 85.7 Å². The first kappa shape index (κ1) is 10.6. The van der Waals surface area contributed by atoms with Gasteiger partial charge in [0.1, 0.15) is 0 Å². The SMILES string of the molecule is O=[SH](=O)C=S.[KH]. The number of hydrogen-bond donors (Lipinski definition) is 1. The van der Waals surface area contributed by atoms with E-state index in [1.807, 2.05) is 0 Å². The second-order valence-electron chi connectivity index (χ2n) is 0.391. The van der Waals surface area contributed by atoms with Crippen LogP contribution in [0.4, 0.5) is 0 Å². The number of hydrogen-bond acceptors (Lipinski definition) is 3. The summed E-state index contributed by atoms with van der Waals surface area (Å²) in [4.78, 5) is 0. The molecule has 0 saturated carbocycles. The van der Waals surface area contributed by atoms with Gasteiger partial charge in [-0.05, 0) is 0 Å². The molecule has 0 aromatic heterocycles. The molecule has 0 N–H and O–H groups in total. The molecule has 0 aromatic carbocycles. The van der Waals surface area contributed by atoms with Crippen molar-refractivity contribution in [1.82, 2.24) is 0 Å². The van der Waals surface area contributed by atoms with Crippen LogP contribution in [0.2, 0.25) is 0 Å². The Bertz CT molecular complexity index is 87.7. The molecule has 0 radical (unpaired) electrons. The van der Waals surface area contributed by atoms with Gasteiger partial charge in [-0.25, -0.2) is 8.42 Å². The van der Waals surface area contributed by atoms with Gasteiger partial charge in [-0.15, -0.1) is 0 Å². The van der Waals surface area contributed by atoms with E-state index in [4.69, 9.17) is 0 Å². The molecule has 0 unspecified atom stereocenters. The Hall–Kier alpha value is 1.68. The molecule has 0 aliphatic carbocycles. The fraction of sp³-hybridized carbons (Fsp3) is 0. The van der Waals surface area contributed by atoms with Crippen LogP contribution in [-0.2, 0) is 10.7 Å². The monoisotopic (exact) mass is 150 g/mol. The van der Waals surface area contributed by atoms with Crippen LogP contribution in [0.5, 0.6) is 0 Å². The van der Waals surface area contributed by atoms with Gasteiger partial charge in [0, 0.05) is 0 Å². The van der Waals surface area contributed by atoms with Gasteiger partial charge < -0.3 is 0 Å². The molecule has 0 aromatic rings. The molecule has 0 fully saturated rings. The zero-order valence-electron chi connectivity index (χ0n) is 2.25. The summed E-state index contributed by atoms with van der Waals surface area (Å²) in [6, 6.07) is 0. The predicted octanol–water partition coefficient (Wildman–Crippen LogP) is -1.09. The fourth-order valence-electron chi connectivity index (χ4n) is 0. The number of thiocarbonyl (C=S) groups is 1. The maximum atomic E-state index is 9.25. The van der Waals surface area contributed by atoms with Gasteiger partial charge in [0.15, 0.2) is 10.7 Å². The van der Waals surface area contributed by atoms with Crippen LogP contribution >= 0.6 is 12.2 Å². The third kappa shape index (κ3) is 9.18. The van der Waals surface area contributed by atoms with Crippen LogP contribution in [0.15, 0.2) is 0 Å². The summed E-state index contributed by atoms with van der Waals surface area (Å²) in [7, 11) is -2.41. The minimum absolute atomic E-state index is 0. The van der Waals surface area contributed by atoms with Gasteiger partial charge in [0.05, 0.1) is 4.70 Å². The number of rotatable bonds is 1. The Morgan fingerprint density at radius 1 is 1.50 bits per heavy atom. The molecule has 0 saturated heterocycles. The van der Waals surface area contributed by atoms with Gasteiger partial charge in [0.2, 0.25) is 0 Å². The van der Waals surface area contributed by atoms with E-state index >= 15 is 0 Å². The maximum absolute atomic E-state index is 9.25. The zero-order valence-corrected chi connectivity index (χ0v) is 3.96. The molecular formula is CH3KO2S2. The standard InChI is InChI=1S/CH2O2S2.K.H/c2-5(3)1-4;;/h1,5H;;. The average Bonchev–Trinajstić information content (AvgIpc) is 1.38. The Morgan fingerprint density at radius 3 is 1.67 bits per heavy atom. The molecule has 6 heavy (non-hydrogen) atoms. The van der Waals surface area contributed by atoms with Crippen molar-refractivity contribution < 1.29 is 8.42 Å². The Balaban J connectivity index is 0. The Kier molecular flexibility index (Phi) is 11.8.